The van der Waals surface area contributed by atoms with Gasteiger partial charge in [0.1, 0.15) is 0 Å². The molecular formula is C10H16O3Si. The van der Waals surface area contributed by atoms with Crippen molar-refractivity contribution in [1.82, 2.24) is 0 Å². The van der Waals surface area contributed by atoms with Crippen LogP contribution < -0.4 is 0 Å². The van der Waals surface area contributed by atoms with Gasteiger partial charge in [-0.25, -0.2) is 0 Å². The minimum Gasteiger partial charge on any atom is -0.415 e. The Balaban J connectivity index is 1.99. The second-order valence-electron chi connectivity index (χ2n) is 2.89. The fourth-order valence-electron chi connectivity index (χ4n) is 1.12. The molecular weight excluding hydrogens is 196 g/mol. The molecule has 1 rings (SSSR count). The average Bonchev–Trinajstić information content (AvgIpc) is 2.25. The Kier molecular flexibility index (Phi) is 6.26. The first-order valence-electron chi connectivity index (χ1n) is 4.74. The fraction of sp³-hybridized carbons (Fsp3) is 0.400. The smallest absolute Gasteiger partial charge is 0.301 e. The predicted octanol–water partition coefficient (Wildman–Crippen LogP) is 0.253. The molecule has 0 unspecified atom stereocenters. The van der Waals surface area contributed by atoms with Gasteiger partial charge in [-0.2, -0.15) is 0 Å². The Labute approximate surface area is 86.7 Å². The maximum Gasteiger partial charge on any atom is 0.301 e. The molecule has 4 heteroatoms. The van der Waals surface area contributed by atoms with Crippen LogP contribution in [-0.2, 0) is 15.6 Å². The van der Waals surface area contributed by atoms with Crippen LogP contribution in [0, 0.1) is 0 Å². The van der Waals surface area contributed by atoms with Crippen LogP contribution in [0.1, 0.15) is 5.56 Å². The van der Waals surface area contributed by atoms with Gasteiger partial charge in [-0.3, -0.25) is 0 Å². The summed E-state index contributed by atoms with van der Waals surface area (Å²) in [4.78, 5) is 8.46. The van der Waals surface area contributed by atoms with Gasteiger partial charge in [-0.05, 0) is 12.0 Å². The van der Waals surface area contributed by atoms with E-state index in [1.165, 1.54) is 5.56 Å². The predicted molar refractivity (Wildman–Crippen MR) is 57.7 cm³/mol. The highest BCUT2D eigenvalue weighted by molar-refractivity contribution is 6.15. The summed E-state index contributed by atoms with van der Waals surface area (Å²) in [6.45, 7) is 1.79. The van der Waals surface area contributed by atoms with E-state index < -0.39 is 10.0 Å². The third-order valence-corrected chi connectivity index (χ3v) is 2.31. The molecule has 1 aromatic rings. The fourth-order valence-corrected chi connectivity index (χ4v) is 1.37. The van der Waals surface area contributed by atoms with E-state index in [2.05, 4.69) is 12.1 Å². The van der Waals surface area contributed by atoms with Crippen molar-refractivity contribution in [1.29, 1.82) is 0 Å². The van der Waals surface area contributed by atoms with Crippen LogP contribution in [0.3, 0.4) is 0 Å². The minimum atomic E-state index is -1.25. The number of benzene rings is 1. The van der Waals surface area contributed by atoms with Crippen LogP contribution >= 0.6 is 0 Å². The van der Waals surface area contributed by atoms with E-state index in [9.17, 15) is 0 Å². The Morgan fingerprint density at radius 2 is 1.86 bits per heavy atom. The van der Waals surface area contributed by atoms with Crippen LogP contribution in [0.25, 0.3) is 0 Å². The SMILES string of the molecule is O[SiH2]OCCOCCc1ccccc1. The van der Waals surface area contributed by atoms with Crippen LogP contribution in [0.2, 0.25) is 0 Å². The standard InChI is InChI=1S/C10H16O3Si/c11-14-13-9-8-12-7-6-10-4-2-1-3-5-10/h1-5,11H,6-9,14H2. The van der Waals surface area contributed by atoms with Crippen molar-refractivity contribution >= 4 is 10.0 Å². The van der Waals surface area contributed by atoms with Gasteiger partial charge in [-0.1, -0.05) is 30.3 Å². The van der Waals surface area contributed by atoms with E-state index in [0.29, 0.717) is 19.8 Å². The summed E-state index contributed by atoms with van der Waals surface area (Å²) in [5.41, 5.74) is 1.28. The van der Waals surface area contributed by atoms with Gasteiger partial charge in [0.15, 0.2) is 0 Å². The minimum absolute atomic E-state index is 0.511. The largest absolute Gasteiger partial charge is 0.415 e. The highest BCUT2D eigenvalue weighted by atomic mass is 28.2. The van der Waals surface area contributed by atoms with Crippen molar-refractivity contribution in [2.75, 3.05) is 19.8 Å². The maximum atomic E-state index is 8.46. The van der Waals surface area contributed by atoms with Gasteiger partial charge >= 0.3 is 10.0 Å². The Morgan fingerprint density at radius 1 is 1.07 bits per heavy atom. The first-order chi connectivity index (χ1) is 6.93. The zero-order valence-electron chi connectivity index (χ0n) is 8.19. The molecule has 0 spiro atoms. The summed E-state index contributed by atoms with van der Waals surface area (Å²) in [5, 5.41) is 0. The molecule has 0 radical (unpaired) electrons. The lowest BCUT2D eigenvalue weighted by molar-refractivity contribution is 0.0985. The second-order valence-corrected chi connectivity index (χ2v) is 3.55. The third-order valence-electron chi connectivity index (χ3n) is 1.84. The quantitative estimate of drug-likeness (QED) is 0.520. The number of ether oxygens (including phenoxy) is 1. The molecule has 0 aliphatic rings. The van der Waals surface area contributed by atoms with E-state index in [0.717, 1.165) is 6.42 Å². The van der Waals surface area contributed by atoms with Crippen molar-refractivity contribution in [3.05, 3.63) is 35.9 Å². The molecule has 78 valence electrons. The topological polar surface area (TPSA) is 38.7 Å². The molecule has 0 fully saturated rings. The highest BCUT2D eigenvalue weighted by Crippen LogP contribution is 1.99. The molecule has 0 amide bonds. The molecule has 0 atom stereocenters. The molecule has 1 aromatic carbocycles. The maximum absolute atomic E-state index is 8.46. The molecule has 0 saturated carbocycles. The molecule has 0 aromatic heterocycles. The van der Waals surface area contributed by atoms with E-state index in [-0.39, 0.29) is 0 Å². The van der Waals surface area contributed by atoms with E-state index in [4.69, 9.17) is 14.0 Å². The Hall–Kier alpha value is -0.683. The monoisotopic (exact) mass is 212 g/mol. The van der Waals surface area contributed by atoms with Crippen molar-refractivity contribution < 1.29 is 14.0 Å². The molecule has 0 aliphatic heterocycles. The van der Waals surface area contributed by atoms with Crippen LogP contribution in [0.4, 0.5) is 0 Å². The Morgan fingerprint density at radius 3 is 2.57 bits per heavy atom. The van der Waals surface area contributed by atoms with E-state index >= 15 is 0 Å². The number of hydrogen-bond donors (Lipinski definition) is 1. The zero-order valence-corrected chi connectivity index (χ0v) is 9.60. The number of hydrogen-bond acceptors (Lipinski definition) is 3. The molecule has 0 bridgehead atoms. The van der Waals surface area contributed by atoms with Crippen molar-refractivity contribution in [2.24, 2.45) is 0 Å². The summed E-state index contributed by atoms with van der Waals surface area (Å²) in [6, 6.07) is 10.2. The lowest BCUT2D eigenvalue weighted by Gasteiger charge is -2.03. The summed E-state index contributed by atoms with van der Waals surface area (Å²) < 4.78 is 10.2. The number of rotatable bonds is 7. The second kappa shape index (κ2) is 7.70. The summed E-state index contributed by atoms with van der Waals surface area (Å²) in [6.07, 6.45) is 0.928. The normalized spacial score (nSPS) is 11.2. The van der Waals surface area contributed by atoms with Gasteiger partial charge in [0, 0.05) is 0 Å². The zero-order chi connectivity index (χ0) is 10.1. The highest BCUT2D eigenvalue weighted by Gasteiger charge is 1.92. The van der Waals surface area contributed by atoms with E-state index in [1.54, 1.807) is 0 Å². The first-order valence-corrected chi connectivity index (χ1v) is 5.94. The summed E-state index contributed by atoms with van der Waals surface area (Å²) in [5.74, 6) is 0. The molecule has 14 heavy (non-hydrogen) atoms. The van der Waals surface area contributed by atoms with Gasteiger partial charge in [-0.15, -0.1) is 0 Å². The van der Waals surface area contributed by atoms with Crippen LogP contribution in [0.5, 0.6) is 0 Å². The van der Waals surface area contributed by atoms with Gasteiger partial charge in [0.25, 0.3) is 0 Å². The molecule has 3 nitrogen and oxygen atoms in total. The summed E-state index contributed by atoms with van der Waals surface area (Å²) in [7, 11) is -1.25. The van der Waals surface area contributed by atoms with Gasteiger partial charge in [0.2, 0.25) is 0 Å². The molecule has 1 N–H and O–H groups in total. The van der Waals surface area contributed by atoms with Crippen LogP contribution in [0.15, 0.2) is 30.3 Å². The molecule has 0 saturated heterocycles. The van der Waals surface area contributed by atoms with Gasteiger partial charge < -0.3 is 14.0 Å². The van der Waals surface area contributed by atoms with Crippen molar-refractivity contribution in [3.63, 3.8) is 0 Å². The van der Waals surface area contributed by atoms with Crippen molar-refractivity contribution in [2.45, 2.75) is 6.42 Å². The lowest BCUT2D eigenvalue weighted by Crippen LogP contribution is -2.08. The van der Waals surface area contributed by atoms with E-state index in [1.807, 2.05) is 18.2 Å². The summed E-state index contributed by atoms with van der Waals surface area (Å²) >= 11 is 0. The Bertz CT molecular complexity index is 228. The van der Waals surface area contributed by atoms with Crippen molar-refractivity contribution in [3.8, 4) is 0 Å². The third kappa shape index (κ3) is 5.13. The molecule has 0 heterocycles. The van der Waals surface area contributed by atoms with Crippen LogP contribution in [-0.4, -0.2) is 34.6 Å². The molecule has 0 aliphatic carbocycles. The lowest BCUT2D eigenvalue weighted by atomic mass is 10.2. The average molecular weight is 212 g/mol. The first kappa shape index (κ1) is 11.4. The van der Waals surface area contributed by atoms with Gasteiger partial charge in [0.05, 0.1) is 19.8 Å².